The maximum absolute atomic E-state index is 5.28. The predicted molar refractivity (Wildman–Crippen MR) is 93.1 cm³/mol. The van der Waals surface area contributed by atoms with Crippen LogP contribution >= 0.6 is 50.7 Å². The van der Waals surface area contributed by atoms with E-state index in [-0.39, 0.29) is 0 Å². The Bertz CT molecular complexity index is 560. The second-order valence-corrected chi connectivity index (χ2v) is 6.06. The highest BCUT2D eigenvalue weighted by Gasteiger charge is 2.03. The summed E-state index contributed by atoms with van der Waals surface area (Å²) in [6.45, 7) is 0. The van der Waals surface area contributed by atoms with Crippen molar-refractivity contribution in [1.29, 1.82) is 0 Å². The van der Waals surface area contributed by atoms with Gasteiger partial charge in [-0.05, 0) is 65.1 Å². The van der Waals surface area contributed by atoms with Gasteiger partial charge in [0.1, 0.15) is 0 Å². The minimum Gasteiger partial charge on any atom is -0.332 e. The number of rotatable bonds is 2. The van der Waals surface area contributed by atoms with Crippen molar-refractivity contribution in [2.75, 3.05) is 10.6 Å². The highest BCUT2D eigenvalue weighted by atomic mass is 127. The molecule has 0 aromatic heterocycles. The summed E-state index contributed by atoms with van der Waals surface area (Å²) in [5, 5.41) is 6.90. The second-order valence-electron chi connectivity index (χ2n) is 3.57. The quantitative estimate of drug-likeness (QED) is 0.523. The van der Waals surface area contributed by atoms with Crippen LogP contribution in [0.25, 0.3) is 0 Å². The molecule has 0 bridgehead atoms. The number of para-hydroxylation sites is 1. The fourth-order valence-corrected chi connectivity index (χ4v) is 2.46. The fourth-order valence-electron chi connectivity index (χ4n) is 1.40. The largest absolute Gasteiger partial charge is 0.332 e. The Balaban J connectivity index is 2.05. The molecular formula is C13H10BrIN2S. The summed E-state index contributed by atoms with van der Waals surface area (Å²) >= 11 is 11.0. The van der Waals surface area contributed by atoms with Gasteiger partial charge in [0, 0.05) is 13.7 Å². The SMILES string of the molecule is S=C(Nc1ccccc1)Nc1cc(Br)ccc1I. The lowest BCUT2D eigenvalue weighted by molar-refractivity contribution is 1.54. The van der Waals surface area contributed by atoms with Crippen LogP contribution in [0.4, 0.5) is 11.4 Å². The van der Waals surface area contributed by atoms with Crippen molar-refractivity contribution in [2.45, 2.75) is 0 Å². The average molecular weight is 433 g/mol. The third-order valence-electron chi connectivity index (χ3n) is 2.21. The Kier molecular flexibility index (Phi) is 4.96. The molecular weight excluding hydrogens is 423 g/mol. The molecule has 2 aromatic rings. The van der Waals surface area contributed by atoms with Crippen LogP contribution in [0.5, 0.6) is 0 Å². The Labute approximate surface area is 133 Å². The maximum Gasteiger partial charge on any atom is 0.175 e. The summed E-state index contributed by atoms with van der Waals surface area (Å²) < 4.78 is 2.14. The van der Waals surface area contributed by atoms with E-state index in [4.69, 9.17) is 12.2 Å². The number of anilines is 2. The lowest BCUT2D eigenvalue weighted by atomic mass is 10.3. The van der Waals surface area contributed by atoms with Crippen molar-refractivity contribution in [3.8, 4) is 0 Å². The maximum atomic E-state index is 5.28. The van der Waals surface area contributed by atoms with Crippen molar-refractivity contribution in [3.05, 3.63) is 56.6 Å². The first-order valence-electron chi connectivity index (χ1n) is 5.23. The summed E-state index contributed by atoms with van der Waals surface area (Å²) in [5.74, 6) is 0. The zero-order chi connectivity index (χ0) is 13.0. The van der Waals surface area contributed by atoms with E-state index in [9.17, 15) is 0 Å². The van der Waals surface area contributed by atoms with Gasteiger partial charge in [-0.25, -0.2) is 0 Å². The van der Waals surface area contributed by atoms with Crippen molar-refractivity contribution in [3.63, 3.8) is 0 Å². The summed E-state index contributed by atoms with van der Waals surface area (Å²) in [6.07, 6.45) is 0. The van der Waals surface area contributed by atoms with E-state index in [1.54, 1.807) is 0 Å². The van der Waals surface area contributed by atoms with Crippen molar-refractivity contribution in [1.82, 2.24) is 0 Å². The molecule has 0 radical (unpaired) electrons. The third-order valence-corrected chi connectivity index (χ3v) is 3.85. The molecule has 2 aromatic carbocycles. The number of hydrogen-bond acceptors (Lipinski definition) is 1. The Morgan fingerprint density at radius 2 is 1.78 bits per heavy atom. The van der Waals surface area contributed by atoms with Crippen molar-refractivity contribution in [2.24, 2.45) is 0 Å². The topological polar surface area (TPSA) is 24.1 Å². The van der Waals surface area contributed by atoms with E-state index in [0.29, 0.717) is 5.11 Å². The lowest BCUT2D eigenvalue weighted by Gasteiger charge is -2.12. The van der Waals surface area contributed by atoms with Crippen LogP contribution in [0.1, 0.15) is 0 Å². The van der Waals surface area contributed by atoms with Crippen LogP contribution in [-0.4, -0.2) is 5.11 Å². The van der Waals surface area contributed by atoms with E-state index in [1.165, 1.54) is 0 Å². The van der Waals surface area contributed by atoms with Gasteiger partial charge in [-0.1, -0.05) is 34.1 Å². The molecule has 0 spiro atoms. The fraction of sp³-hybridized carbons (Fsp3) is 0. The lowest BCUT2D eigenvalue weighted by Crippen LogP contribution is -2.19. The Morgan fingerprint density at radius 3 is 2.50 bits per heavy atom. The van der Waals surface area contributed by atoms with Gasteiger partial charge in [0.15, 0.2) is 5.11 Å². The highest BCUT2D eigenvalue weighted by Crippen LogP contribution is 2.23. The van der Waals surface area contributed by atoms with Crippen molar-refractivity contribution < 1.29 is 0 Å². The van der Waals surface area contributed by atoms with E-state index in [0.717, 1.165) is 19.4 Å². The molecule has 0 heterocycles. The van der Waals surface area contributed by atoms with E-state index < -0.39 is 0 Å². The van der Waals surface area contributed by atoms with Crippen LogP contribution < -0.4 is 10.6 Å². The predicted octanol–water partition coefficient (Wildman–Crippen LogP) is 4.86. The first kappa shape index (κ1) is 13.8. The zero-order valence-corrected chi connectivity index (χ0v) is 13.8. The van der Waals surface area contributed by atoms with Gasteiger partial charge in [0.25, 0.3) is 0 Å². The Morgan fingerprint density at radius 1 is 1.06 bits per heavy atom. The second kappa shape index (κ2) is 6.49. The van der Waals surface area contributed by atoms with E-state index in [2.05, 4.69) is 49.2 Å². The third kappa shape index (κ3) is 3.93. The molecule has 2 rings (SSSR count). The van der Waals surface area contributed by atoms with Crippen LogP contribution in [-0.2, 0) is 0 Å². The molecule has 0 saturated carbocycles. The van der Waals surface area contributed by atoms with Crippen LogP contribution in [0.3, 0.4) is 0 Å². The van der Waals surface area contributed by atoms with Gasteiger partial charge in [0.2, 0.25) is 0 Å². The van der Waals surface area contributed by atoms with E-state index >= 15 is 0 Å². The number of thiocarbonyl (C=S) groups is 1. The molecule has 2 N–H and O–H groups in total. The number of halogens is 2. The first-order valence-corrected chi connectivity index (χ1v) is 7.51. The molecule has 0 aliphatic heterocycles. The first-order chi connectivity index (χ1) is 8.65. The molecule has 92 valence electrons. The number of nitrogens with one attached hydrogen (secondary N) is 2. The van der Waals surface area contributed by atoms with Crippen molar-refractivity contribution >= 4 is 67.2 Å². The zero-order valence-electron chi connectivity index (χ0n) is 9.28. The molecule has 5 heteroatoms. The number of hydrogen-bond donors (Lipinski definition) is 2. The normalized spacial score (nSPS) is 9.89. The molecule has 2 nitrogen and oxygen atoms in total. The smallest absolute Gasteiger partial charge is 0.175 e. The van der Waals surface area contributed by atoms with Gasteiger partial charge in [-0.3, -0.25) is 0 Å². The van der Waals surface area contributed by atoms with Crippen LogP contribution in [0.15, 0.2) is 53.0 Å². The minimum absolute atomic E-state index is 0.581. The Hall–Kier alpha value is -0.660. The summed E-state index contributed by atoms with van der Waals surface area (Å²) in [5.41, 5.74) is 1.96. The number of benzene rings is 2. The van der Waals surface area contributed by atoms with Gasteiger partial charge in [-0.2, -0.15) is 0 Å². The van der Waals surface area contributed by atoms with Crippen LogP contribution in [0, 0.1) is 3.57 Å². The molecule has 0 aliphatic rings. The molecule has 0 unspecified atom stereocenters. The van der Waals surface area contributed by atoms with Crippen LogP contribution in [0.2, 0.25) is 0 Å². The molecule has 0 aliphatic carbocycles. The standard InChI is InChI=1S/C13H10BrIN2S/c14-9-6-7-11(15)12(8-9)17-13(18)16-10-4-2-1-3-5-10/h1-8H,(H2,16,17,18). The molecule has 18 heavy (non-hydrogen) atoms. The van der Waals surface area contributed by atoms with E-state index in [1.807, 2.05) is 48.5 Å². The highest BCUT2D eigenvalue weighted by molar-refractivity contribution is 14.1. The molecule has 0 amide bonds. The summed E-state index contributed by atoms with van der Waals surface area (Å²) in [4.78, 5) is 0. The molecule has 0 fully saturated rings. The van der Waals surface area contributed by atoms with Gasteiger partial charge >= 0.3 is 0 Å². The molecule has 0 atom stereocenters. The monoisotopic (exact) mass is 432 g/mol. The average Bonchev–Trinajstić information content (AvgIpc) is 2.35. The molecule has 0 saturated heterocycles. The summed E-state index contributed by atoms with van der Waals surface area (Å²) in [6, 6.07) is 15.9. The van der Waals surface area contributed by atoms with Gasteiger partial charge in [0.05, 0.1) is 5.69 Å². The van der Waals surface area contributed by atoms with Gasteiger partial charge < -0.3 is 10.6 Å². The van der Waals surface area contributed by atoms with Gasteiger partial charge in [-0.15, -0.1) is 0 Å². The summed E-state index contributed by atoms with van der Waals surface area (Å²) in [7, 11) is 0. The minimum atomic E-state index is 0.581.